The minimum Gasteiger partial charge on any atom is -0.352 e. The SMILES string of the molecule is O=C(NCCc1ccc(Br)s1)c1ccc(=O)n(Cc2ccccc2Cl)c1. The van der Waals surface area contributed by atoms with Crippen LogP contribution < -0.4 is 10.9 Å². The Morgan fingerprint density at radius 2 is 1.96 bits per heavy atom. The topological polar surface area (TPSA) is 51.1 Å². The molecule has 3 aromatic rings. The number of hydrogen-bond acceptors (Lipinski definition) is 3. The van der Waals surface area contributed by atoms with Crippen molar-refractivity contribution in [1.29, 1.82) is 0 Å². The van der Waals surface area contributed by atoms with E-state index < -0.39 is 0 Å². The number of carbonyl (C=O) groups is 1. The van der Waals surface area contributed by atoms with Gasteiger partial charge in [0.25, 0.3) is 11.5 Å². The first-order valence-electron chi connectivity index (χ1n) is 7.99. The minimum absolute atomic E-state index is 0.176. The van der Waals surface area contributed by atoms with Gasteiger partial charge in [0.05, 0.1) is 15.9 Å². The molecular formula is C19H16BrClN2O2S. The smallest absolute Gasteiger partial charge is 0.252 e. The van der Waals surface area contributed by atoms with Gasteiger partial charge in [-0.1, -0.05) is 29.8 Å². The van der Waals surface area contributed by atoms with E-state index >= 15 is 0 Å². The van der Waals surface area contributed by atoms with Crippen LogP contribution in [0.15, 0.2) is 63.3 Å². The number of nitrogens with zero attached hydrogens (tertiary/aromatic N) is 1. The Bertz CT molecular complexity index is 983. The molecule has 0 spiro atoms. The Labute approximate surface area is 168 Å². The average Bonchev–Trinajstić information content (AvgIpc) is 3.04. The van der Waals surface area contributed by atoms with Gasteiger partial charge in [0.15, 0.2) is 0 Å². The van der Waals surface area contributed by atoms with Crippen LogP contribution in [0, 0.1) is 0 Å². The lowest BCUT2D eigenvalue weighted by molar-refractivity contribution is 0.0953. The van der Waals surface area contributed by atoms with Crippen molar-refractivity contribution < 1.29 is 4.79 Å². The fraction of sp³-hybridized carbons (Fsp3) is 0.158. The lowest BCUT2D eigenvalue weighted by Crippen LogP contribution is -2.28. The van der Waals surface area contributed by atoms with E-state index in [1.54, 1.807) is 29.7 Å². The third-order valence-corrected chi connectivity index (χ3v) is 5.88. The summed E-state index contributed by atoms with van der Waals surface area (Å²) in [6.45, 7) is 0.859. The maximum Gasteiger partial charge on any atom is 0.252 e. The molecule has 0 saturated heterocycles. The number of benzene rings is 1. The highest BCUT2D eigenvalue weighted by molar-refractivity contribution is 9.11. The van der Waals surface area contributed by atoms with Crippen molar-refractivity contribution >= 4 is 44.8 Å². The first kappa shape index (κ1) is 18.9. The standard InChI is InChI=1S/C19H16BrClN2O2S/c20-17-7-6-15(26-17)9-10-22-19(25)14-5-8-18(24)23(12-14)11-13-3-1-2-4-16(13)21/h1-8,12H,9-11H2,(H,22,25). The zero-order valence-corrected chi connectivity index (χ0v) is 16.9. The van der Waals surface area contributed by atoms with Crippen molar-refractivity contribution in [1.82, 2.24) is 9.88 Å². The summed E-state index contributed by atoms with van der Waals surface area (Å²) in [5.41, 5.74) is 1.10. The van der Waals surface area contributed by atoms with E-state index in [1.807, 2.05) is 30.3 Å². The van der Waals surface area contributed by atoms with Crippen LogP contribution in [0.4, 0.5) is 0 Å². The molecule has 0 bridgehead atoms. The van der Waals surface area contributed by atoms with Gasteiger partial charge in [-0.3, -0.25) is 9.59 Å². The van der Waals surface area contributed by atoms with Gasteiger partial charge in [0.1, 0.15) is 0 Å². The van der Waals surface area contributed by atoms with Crippen LogP contribution in [-0.2, 0) is 13.0 Å². The Morgan fingerprint density at radius 1 is 1.15 bits per heavy atom. The molecule has 3 rings (SSSR count). The van der Waals surface area contributed by atoms with Crippen molar-refractivity contribution in [3.8, 4) is 0 Å². The highest BCUT2D eigenvalue weighted by atomic mass is 79.9. The van der Waals surface area contributed by atoms with Crippen LogP contribution in [0.1, 0.15) is 20.8 Å². The highest BCUT2D eigenvalue weighted by Gasteiger charge is 2.09. The number of aromatic nitrogens is 1. The number of rotatable bonds is 6. The van der Waals surface area contributed by atoms with Gasteiger partial charge >= 0.3 is 0 Å². The molecule has 26 heavy (non-hydrogen) atoms. The van der Waals surface area contributed by atoms with E-state index in [2.05, 4.69) is 21.2 Å². The van der Waals surface area contributed by atoms with Crippen molar-refractivity contribution in [2.45, 2.75) is 13.0 Å². The maximum absolute atomic E-state index is 12.4. The molecule has 0 unspecified atom stereocenters. The van der Waals surface area contributed by atoms with Crippen LogP contribution in [-0.4, -0.2) is 17.0 Å². The van der Waals surface area contributed by atoms with Crippen LogP contribution in [0.25, 0.3) is 0 Å². The first-order valence-corrected chi connectivity index (χ1v) is 9.98. The van der Waals surface area contributed by atoms with Gasteiger partial charge in [0.2, 0.25) is 0 Å². The average molecular weight is 452 g/mol. The van der Waals surface area contributed by atoms with Crippen molar-refractivity contribution in [3.05, 3.63) is 89.9 Å². The van der Waals surface area contributed by atoms with Gasteiger partial charge in [-0.2, -0.15) is 0 Å². The lowest BCUT2D eigenvalue weighted by atomic mass is 10.2. The normalized spacial score (nSPS) is 10.7. The number of thiophene rings is 1. The molecule has 0 aliphatic heterocycles. The minimum atomic E-state index is -0.200. The number of amides is 1. The summed E-state index contributed by atoms with van der Waals surface area (Å²) >= 11 is 11.2. The van der Waals surface area contributed by atoms with E-state index in [-0.39, 0.29) is 11.5 Å². The number of nitrogens with one attached hydrogen (secondary N) is 1. The monoisotopic (exact) mass is 450 g/mol. The predicted molar refractivity (Wildman–Crippen MR) is 109 cm³/mol. The van der Waals surface area contributed by atoms with Gasteiger partial charge in [-0.05, 0) is 52.2 Å². The Kier molecular flexibility index (Phi) is 6.29. The molecule has 7 heteroatoms. The molecule has 0 aliphatic carbocycles. The zero-order chi connectivity index (χ0) is 18.5. The molecule has 134 valence electrons. The van der Waals surface area contributed by atoms with Gasteiger partial charge in [-0.25, -0.2) is 0 Å². The van der Waals surface area contributed by atoms with Crippen molar-refractivity contribution in [3.63, 3.8) is 0 Å². The molecule has 1 aromatic carbocycles. The summed E-state index contributed by atoms with van der Waals surface area (Å²) in [6, 6.07) is 14.3. The molecule has 4 nitrogen and oxygen atoms in total. The second-order valence-electron chi connectivity index (χ2n) is 5.69. The Morgan fingerprint density at radius 3 is 2.69 bits per heavy atom. The van der Waals surface area contributed by atoms with Crippen LogP contribution in [0.3, 0.4) is 0 Å². The molecule has 2 aromatic heterocycles. The van der Waals surface area contributed by atoms with E-state index in [0.717, 1.165) is 15.8 Å². The molecule has 1 amide bonds. The third kappa shape index (κ3) is 4.84. The second-order valence-corrected chi connectivity index (χ2v) is 8.64. The van der Waals surface area contributed by atoms with Crippen LogP contribution in [0.2, 0.25) is 5.02 Å². The van der Waals surface area contributed by atoms with Crippen molar-refractivity contribution in [2.24, 2.45) is 0 Å². The number of carbonyl (C=O) groups excluding carboxylic acids is 1. The summed E-state index contributed by atoms with van der Waals surface area (Å²) in [7, 11) is 0. The summed E-state index contributed by atoms with van der Waals surface area (Å²) in [5.74, 6) is -0.200. The molecule has 2 heterocycles. The molecule has 0 aliphatic rings. The Balaban J connectivity index is 1.67. The van der Waals surface area contributed by atoms with E-state index in [0.29, 0.717) is 23.7 Å². The van der Waals surface area contributed by atoms with Gasteiger partial charge < -0.3 is 9.88 Å². The summed E-state index contributed by atoms with van der Waals surface area (Å²) in [6.07, 6.45) is 2.34. The van der Waals surface area contributed by atoms with Gasteiger partial charge in [-0.15, -0.1) is 11.3 Å². The number of pyridine rings is 1. The molecule has 0 fully saturated rings. The molecule has 0 atom stereocenters. The quantitative estimate of drug-likeness (QED) is 0.606. The second kappa shape index (κ2) is 8.66. The fourth-order valence-electron chi connectivity index (χ4n) is 2.49. The summed E-state index contributed by atoms with van der Waals surface area (Å²) in [5, 5.41) is 3.48. The number of hydrogen-bond donors (Lipinski definition) is 1. The molecule has 1 N–H and O–H groups in total. The van der Waals surface area contributed by atoms with Gasteiger partial charge in [0, 0.05) is 28.7 Å². The highest BCUT2D eigenvalue weighted by Crippen LogP contribution is 2.22. The zero-order valence-electron chi connectivity index (χ0n) is 13.7. The van der Waals surface area contributed by atoms with E-state index in [1.165, 1.54) is 15.5 Å². The van der Waals surface area contributed by atoms with E-state index in [9.17, 15) is 9.59 Å². The molecule has 0 saturated carbocycles. The fourth-order valence-corrected chi connectivity index (χ4v) is 4.16. The number of halogens is 2. The third-order valence-electron chi connectivity index (χ3n) is 3.83. The first-order chi connectivity index (χ1) is 12.5. The van der Waals surface area contributed by atoms with Crippen LogP contribution >= 0.6 is 38.9 Å². The largest absolute Gasteiger partial charge is 0.352 e. The lowest BCUT2D eigenvalue weighted by Gasteiger charge is -2.10. The van der Waals surface area contributed by atoms with Crippen LogP contribution in [0.5, 0.6) is 0 Å². The maximum atomic E-state index is 12.4. The summed E-state index contributed by atoms with van der Waals surface area (Å²) < 4.78 is 2.57. The Hall–Kier alpha value is -1.89. The predicted octanol–water partition coefficient (Wildman–Crippen LogP) is 4.35. The van der Waals surface area contributed by atoms with E-state index in [4.69, 9.17) is 11.6 Å². The molecular weight excluding hydrogens is 436 g/mol. The summed E-state index contributed by atoms with van der Waals surface area (Å²) in [4.78, 5) is 25.7. The molecule has 0 radical (unpaired) electrons. The van der Waals surface area contributed by atoms with Crippen molar-refractivity contribution in [2.75, 3.05) is 6.54 Å².